The van der Waals surface area contributed by atoms with Crippen molar-refractivity contribution in [3.63, 3.8) is 0 Å². The minimum absolute atomic E-state index is 0.0700. The molecule has 0 heterocycles. The van der Waals surface area contributed by atoms with Crippen LogP contribution in [0.4, 0.5) is 4.39 Å². The number of hydrogen-bond donors (Lipinski definition) is 1. The van der Waals surface area contributed by atoms with E-state index >= 15 is 0 Å². The molecule has 3 heteroatoms. The van der Waals surface area contributed by atoms with Crippen LogP contribution in [0.15, 0.2) is 42.5 Å². The Hall–Kier alpha value is -1.38. The fourth-order valence-electron chi connectivity index (χ4n) is 2.50. The Morgan fingerprint density at radius 2 is 1.90 bits per heavy atom. The summed E-state index contributed by atoms with van der Waals surface area (Å²) in [7, 11) is 0. The van der Waals surface area contributed by atoms with E-state index in [1.54, 1.807) is 6.07 Å². The van der Waals surface area contributed by atoms with Crippen molar-refractivity contribution in [2.24, 2.45) is 0 Å². The minimum atomic E-state index is -0.152. The van der Waals surface area contributed by atoms with Gasteiger partial charge in [0.15, 0.2) is 0 Å². The highest BCUT2D eigenvalue weighted by atomic mass is 35.5. The molecule has 0 aromatic heterocycles. The van der Waals surface area contributed by atoms with Crippen LogP contribution in [0.5, 0.6) is 0 Å². The molecule has 1 unspecified atom stereocenters. The number of rotatable bonds is 6. The van der Waals surface area contributed by atoms with Crippen molar-refractivity contribution in [2.75, 3.05) is 6.54 Å². The van der Waals surface area contributed by atoms with Crippen LogP contribution in [-0.4, -0.2) is 6.54 Å². The Bertz CT molecular complexity index is 598. The summed E-state index contributed by atoms with van der Waals surface area (Å²) in [5, 5.41) is 4.26. The first-order valence-electron chi connectivity index (χ1n) is 7.35. The van der Waals surface area contributed by atoms with Crippen LogP contribution in [-0.2, 0) is 6.42 Å². The molecule has 2 aromatic carbocycles. The van der Waals surface area contributed by atoms with Crippen LogP contribution in [0, 0.1) is 12.7 Å². The van der Waals surface area contributed by atoms with Crippen molar-refractivity contribution in [1.82, 2.24) is 5.32 Å². The molecule has 0 fully saturated rings. The quantitative estimate of drug-likeness (QED) is 0.785. The van der Waals surface area contributed by atoms with E-state index in [2.05, 4.69) is 18.3 Å². The van der Waals surface area contributed by atoms with Gasteiger partial charge in [0.1, 0.15) is 5.82 Å². The van der Waals surface area contributed by atoms with Gasteiger partial charge < -0.3 is 5.32 Å². The van der Waals surface area contributed by atoms with Gasteiger partial charge in [0.05, 0.1) is 0 Å². The summed E-state index contributed by atoms with van der Waals surface area (Å²) >= 11 is 6.22. The second kappa shape index (κ2) is 7.58. The number of halogens is 2. The van der Waals surface area contributed by atoms with Crippen LogP contribution in [0.25, 0.3) is 0 Å². The molecule has 0 aliphatic heterocycles. The van der Waals surface area contributed by atoms with E-state index < -0.39 is 0 Å². The summed E-state index contributed by atoms with van der Waals surface area (Å²) in [6, 6.07) is 12.9. The molecule has 0 aliphatic rings. The number of benzene rings is 2. The fourth-order valence-corrected chi connectivity index (χ4v) is 2.68. The molecule has 112 valence electrons. The Kier molecular flexibility index (Phi) is 5.77. The van der Waals surface area contributed by atoms with Crippen LogP contribution >= 0.6 is 11.6 Å². The molecule has 0 radical (unpaired) electrons. The zero-order valence-corrected chi connectivity index (χ0v) is 13.3. The average Bonchev–Trinajstić information content (AvgIpc) is 2.48. The molecule has 0 saturated carbocycles. The summed E-state index contributed by atoms with van der Waals surface area (Å²) < 4.78 is 13.9. The highest BCUT2D eigenvalue weighted by molar-refractivity contribution is 6.31. The van der Waals surface area contributed by atoms with Gasteiger partial charge >= 0.3 is 0 Å². The normalized spacial score (nSPS) is 12.4. The molecule has 1 nitrogen and oxygen atoms in total. The molecular formula is C18H21ClFN. The van der Waals surface area contributed by atoms with Crippen molar-refractivity contribution in [3.05, 3.63) is 70.0 Å². The SMILES string of the molecule is CCCNC(Cc1ccccc1F)c1cccc(Cl)c1C. The van der Waals surface area contributed by atoms with E-state index in [4.69, 9.17) is 11.6 Å². The summed E-state index contributed by atoms with van der Waals surface area (Å²) in [6.45, 7) is 5.03. The molecule has 21 heavy (non-hydrogen) atoms. The van der Waals surface area contributed by atoms with E-state index in [1.807, 2.05) is 31.2 Å². The van der Waals surface area contributed by atoms with Crippen molar-refractivity contribution < 1.29 is 4.39 Å². The first-order chi connectivity index (χ1) is 10.1. The second-order valence-electron chi connectivity index (χ2n) is 5.26. The molecule has 2 rings (SSSR count). The molecule has 2 aromatic rings. The lowest BCUT2D eigenvalue weighted by molar-refractivity contribution is 0.511. The monoisotopic (exact) mass is 305 g/mol. The van der Waals surface area contributed by atoms with Crippen LogP contribution in [0.2, 0.25) is 5.02 Å². The molecular weight excluding hydrogens is 285 g/mol. The molecule has 1 atom stereocenters. The summed E-state index contributed by atoms with van der Waals surface area (Å²) in [5.41, 5.74) is 2.92. The third kappa shape index (κ3) is 4.05. The Morgan fingerprint density at radius 1 is 1.14 bits per heavy atom. The van der Waals surface area contributed by atoms with Crippen molar-refractivity contribution in [1.29, 1.82) is 0 Å². The van der Waals surface area contributed by atoms with E-state index in [0.717, 1.165) is 34.7 Å². The molecule has 0 aliphatic carbocycles. The van der Waals surface area contributed by atoms with Gasteiger partial charge in [-0.05, 0) is 55.1 Å². The third-order valence-electron chi connectivity index (χ3n) is 3.71. The molecule has 0 spiro atoms. The zero-order chi connectivity index (χ0) is 15.2. The molecule has 0 amide bonds. The lowest BCUT2D eigenvalue weighted by atomic mass is 9.95. The highest BCUT2D eigenvalue weighted by Gasteiger charge is 2.16. The summed E-state index contributed by atoms with van der Waals surface area (Å²) in [5.74, 6) is -0.152. The van der Waals surface area contributed by atoms with Crippen LogP contribution in [0.3, 0.4) is 0 Å². The molecule has 0 saturated heterocycles. The van der Waals surface area contributed by atoms with Gasteiger partial charge in [-0.25, -0.2) is 4.39 Å². The summed E-state index contributed by atoms with van der Waals surface area (Å²) in [6.07, 6.45) is 1.65. The van der Waals surface area contributed by atoms with Gasteiger partial charge in [0.25, 0.3) is 0 Å². The standard InChI is InChI=1S/C18H21ClFN/c1-3-11-21-18(12-14-7-4-5-10-17(14)20)15-8-6-9-16(19)13(15)2/h4-10,18,21H,3,11-12H2,1-2H3. The Balaban J connectivity index is 2.30. The van der Waals surface area contributed by atoms with Gasteiger partial charge in [-0.2, -0.15) is 0 Å². The van der Waals surface area contributed by atoms with Gasteiger partial charge in [-0.15, -0.1) is 0 Å². The highest BCUT2D eigenvalue weighted by Crippen LogP contribution is 2.27. The number of nitrogens with one attached hydrogen (secondary N) is 1. The van der Waals surface area contributed by atoms with E-state index in [0.29, 0.717) is 6.42 Å². The van der Waals surface area contributed by atoms with Crippen LogP contribution < -0.4 is 5.32 Å². The van der Waals surface area contributed by atoms with E-state index in [-0.39, 0.29) is 11.9 Å². The number of hydrogen-bond acceptors (Lipinski definition) is 1. The molecule has 0 bridgehead atoms. The van der Waals surface area contributed by atoms with Crippen molar-refractivity contribution in [3.8, 4) is 0 Å². The first-order valence-corrected chi connectivity index (χ1v) is 7.73. The third-order valence-corrected chi connectivity index (χ3v) is 4.12. The summed E-state index contributed by atoms with van der Waals surface area (Å²) in [4.78, 5) is 0. The Morgan fingerprint density at radius 3 is 2.62 bits per heavy atom. The van der Waals surface area contributed by atoms with Crippen LogP contribution in [0.1, 0.15) is 36.1 Å². The van der Waals surface area contributed by atoms with Crippen molar-refractivity contribution in [2.45, 2.75) is 32.7 Å². The average molecular weight is 306 g/mol. The Labute approximate surface area is 131 Å². The first kappa shape index (κ1) is 16.0. The maximum Gasteiger partial charge on any atom is 0.126 e. The van der Waals surface area contributed by atoms with Gasteiger partial charge in [-0.1, -0.05) is 48.9 Å². The van der Waals surface area contributed by atoms with Gasteiger partial charge in [-0.3, -0.25) is 0 Å². The van der Waals surface area contributed by atoms with E-state index in [9.17, 15) is 4.39 Å². The second-order valence-corrected chi connectivity index (χ2v) is 5.66. The van der Waals surface area contributed by atoms with E-state index in [1.165, 1.54) is 6.07 Å². The lowest BCUT2D eigenvalue weighted by Crippen LogP contribution is -2.25. The van der Waals surface area contributed by atoms with Gasteiger partial charge in [0, 0.05) is 11.1 Å². The largest absolute Gasteiger partial charge is 0.310 e. The van der Waals surface area contributed by atoms with Gasteiger partial charge in [0.2, 0.25) is 0 Å². The maximum absolute atomic E-state index is 13.9. The van der Waals surface area contributed by atoms with Crippen molar-refractivity contribution >= 4 is 11.6 Å². The zero-order valence-electron chi connectivity index (χ0n) is 12.5. The maximum atomic E-state index is 13.9. The predicted octanol–water partition coefficient (Wildman–Crippen LogP) is 5.07. The predicted molar refractivity (Wildman–Crippen MR) is 87.3 cm³/mol. The minimum Gasteiger partial charge on any atom is -0.310 e. The smallest absolute Gasteiger partial charge is 0.126 e. The topological polar surface area (TPSA) is 12.0 Å². The molecule has 1 N–H and O–H groups in total. The fraction of sp³-hybridized carbons (Fsp3) is 0.333. The lowest BCUT2D eigenvalue weighted by Gasteiger charge is -2.22.